The maximum absolute atomic E-state index is 12.6. The molecule has 0 radical (unpaired) electrons. The highest BCUT2D eigenvalue weighted by Crippen LogP contribution is 2.35. The highest BCUT2D eigenvalue weighted by atomic mass is 79.9. The van der Waals surface area contributed by atoms with Crippen LogP contribution >= 0.6 is 15.9 Å². The fourth-order valence-corrected chi connectivity index (χ4v) is 4.28. The summed E-state index contributed by atoms with van der Waals surface area (Å²) in [5, 5.41) is 4.20. The van der Waals surface area contributed by atoms with Gasteiger partial charge in [0.05, 0.1) is 18.1 Å². The quantitative estimate of drug-likeness (QED) is 0.806. The Morgan fingerprint density at radius 3 is 2.32 bits per heavy atom. The largest absolute Gasteiger partial charge is 0.374 e. The summed E-state index contributed by atoms with van der Waals surface area (Å²) in [6, 6.07) is 0. The molecule has 0 aromatic heterocycles. The zero-order valence-electron chi connectivity index (χ0n) is 12.2. The molecule has 1 amide bonds. The standard InChI is InChI=1S/C15H26BrNO2/c1-10-11(2)19-12(3)13(10)14(18)17-15(9-16)7-5-4-6-8-15/h10-13H,4-9H2,1-3H3,(H,17,18). The van der Waals surface area contributed by atoms with Crippen LogP contribution in [0.1, 0.15) is 52.9 Å². The molecule has 1 aliphatic heterocycles. The van der Waals surface area contributed by atoms with Gasteiger partial charge in [-0.05, 0) is 32.6 Å². The number of carbonyl (C=O) groups is 1. The minimum atomic E-state index is -0.0272. The van der Waals surface area contributed by atoms with Crippen LogP contribution in [-0.4, -0.2) is 29.0 Å². The summed E-state index contributed by atoms with van der Waals surface area (Å²) in [5.74, 6) is 0.476. The van der Waals surface area contributed by atoms with Crippen molar-refractivity contribution in [2.24, 2.45) is 11.8 Å². The Kier molecular flexibility index (Phi) is 4.93. The van der Waals surface area contributed by atoms with E-state index in [2.05, 4.69) is 35.1 Å². The molecular weight excluding hydrogens is 306 g/mol. The van der Waals surface area contributed by atoms with Gasteiger partial charge < -0.3 is 10.1 Å². The lowest BCUT2D eigenvalue weighted by atomic mass is 9.81. The summed E-state index contributed by atoms with van der Waals surface area (Å²) < 4.78 is 5.79. The molecule has 0 bridgehead atoms. The molecule has 3 nitrogen and oxygen atoms in total. The molecule has 1 saturated heterocycles. The van der Waals surface area contributed by atoms with Crippen molar-refractivity contribution < 1.29 is 9.53 Å². The Hall–Kier alpha value is -0.0900. The van der Waals surface area contributed by atoms with Crippen molar-refractivity contribution in [3.8, 4) is 0 Å². The predicted octanol–water partition coefficient (Wildman–Crippen LogP) is 3.26. The summed E-state index contributed by atoms with van der Waals surface area (Å²) in [5.41, 5.74) is -0.0272. The molecule has 1 heterocycles. The third-order valence-electron chi connectivity index (χ3n) is 5.00. The van der Waals surface area contributed by atoms with Gasteiger partial charge in [0.1, 0.15) is 0 Å². The van der Waals surface area contributed by atoms with Gasteiger partial charge in [-0.1, -0.05) is 42.1 Å². The Labute approximate surface area is 125 Å². The van der Waals surface area contributed by atoms with Crippen molar-refractivity contribution in [2.45, 2.75) is 70.6 Å². The van der Waals surface area contributed by atoms with E-state index in [0.717, 1.165) is 18.2 Å². The number of hydrogen-bond donors (Lipinski definition) is 1. The van der Waals surface area contributed by atoms with Crippen LogP contribution in [0.4, 0.5) is 0 Å². The molecule has 110 valence electrons. The topological polar surface area (TPSA) is 38.3 Å². The Morgan fingerprint density at radius 2 is 1.84 bits per heavy atom. The van der Waals surface area contributed by atoms with Crippen LogP contribution in [0.5, 0.6) is 0 Å². The van der Waals surface area contributed by atoms with Crippen LogP contribution in [0.25, 0.3) is 0 Å². The maximum atomic E-state index is 12.6. The molecule has 0 aromatic rings. The molecule has 4 unspecified atom stereocenters. The zero-order chi connectivity index (χ0) is 14.0. The van der Waals surface area contributed by atoms with Gasteiger partial charge in [-0.2, -0.15) is 0 Å². The van der Waals surface area contributed by atoms with Gasteiger partial charge in [-0.3, -0.25) is 4.79 Å². The minimum absolute atomic E-state index is 0.00662. The predicted molar refractivity (Wildman–Crippen MR) is 80.4 cm³/mol. The average molecular weight is 332 g/mol. The summed E-state index contributed by atoms with van der Waals surface area (Å²) in [4.78, 5) is 12.6. The monoisotopic (exact) mass is 331 g/mol. The lowest BCUT2D eigenvalue weighted by molar-refractivity contribution is -0.129. The van der Waals surface area contributed by atoms with Crippen molar-refractivity contribution in [2.75, 3.05) is 5.33 Å². The van der Waals surface area contributed by atoms with Gasteiger partial charge in [0.15, 0.2) is 0 Å². The second-order valence-corrected chi connectivity index (χ2v) is 6.96. The van der Waals surface area contributed by atoms with Crippen LogP contribution in [0.2, 0.25) is 0 Å². The Morgan fingerprint density at radius 1 is 1.21 bits per heavy atom. The number of halogens is 1. The zero-order valence-corrected chi connectivity index (χ0v) is 13.8. The van der Waals surface area contributed by atoms with Gasteiger partial charge in [0.25, 0.3) is 0 Å². The first-order valence-corrected chi connectivity index (χ1v) is 8.65. The molecule has 1 aliphatic carbocycles. The van der Waals surface area contributed by atoms with Gasteiger partial charge in [-0.25, -0.2) is 0 Å². The third kappa shape index (κ3) is 3.15. The average Bonchev–Trinajstić information content (AvgIpc) is 2.64. The lowest BCUT2D eigenvalue weighted by Gasteiger charge is -2.38. The van der Waals surface area contributed by atoms with Crippen LogP contribution in [-0.2, 0) is 9.53 Å². The maximum Gasteiger partial charge on any atom is 0.226 e. The lowest BCUT2D eigenvalue weighted by Crippen LogP contribution is -2.54. The Bertz CT molecular complexity index is 328. The molecule has 2 aliphatic rings. The molecule has 19 heavy (non-hydrogen) atoms. The number of ether oxygens (including phenoxy) is 1. The van der Waals surface area contributed by atoms with Gasteiger partial charge in [0.2, 0.25) is 5.91 Å². The van der Waals surface area contributed by atoms with E-state index < -0.39 is 0 Å². The molecule has 1 N–H and O–H groups in total. The third-order valence-corrected chi connectivity index (χ3v) is 6.07. The molecule has 2 rings (SSSR count). The second-order valence-electron chi connectivity index (χ2n) is 6.40. The molecule has 4 heteroatoms. The first-order chi connectivity index (χ1) is 8.99. The SMILES string of the molecule is CC1OC(C)C(C(=O)NC2(CBr)CCCCC2)C1C. The molecule has 2 fully saturated rings. The van der Waals surface area contributed by atoms with Gasteiger partial charge >= 0.3 is 0 Å². The van der Waals surface area contributed by atoms with Crippen molar-refractivity contribution in [1.29, 1.82) is 0 Å². The van der Waals surface area contributed by atoms with Crippen LogP contribution in [0.3, 0.4) is 0 Å². The van der Waals surface area contributed by atoms with E-state index in [-0.39, 0.29) is 29.6 Å². The molecule has 0 spiro atoms. The fraction of sp³-hybridized carbons (Fsp3) is 0.933. The van der Waals surface area contributed by atoms with Crippen molar-refractivity contribution in [3.63, 3.8) is 0 Å². The number of carbonyl (C=O) groups excluding carboxylic acids is 1. The normalized spacial score (nSPS) is 38.1. The Balaban J connectivity index is 2.03. The van der Waals surface area contributed by atoms with E-state index in [9.17, 15) is 4.79 Å². The van der Waals surface area contributed by atoms with E-state index >= 15 is 0 Å². The van der Waals surface area contributed by atoms with Crippen molar-refractivity contribution in [3.05, 3.63) is 0 Å². The highest BCUT2D eigenvalue weighted by molar-refractivity contribution is 9.09. The van der Waals surface area contributed by atoms with E-state index in [0.29, 0.717) is 5.92 Å². The van der Waals surface area contributed by atoms with E-state index in [1.807, 2.05) is 6.92 Å². The van der Waals surface area contributed by atoms with E-state index in [4.69, 9.17) is 4.74 Å². The minimum Gasteiger partial charge on any atom is -0.374 e. The van der Waals surface area contributed by atoms with Crippen LogP contribution in [0, 0.1) is 11.8 Å². The molecule has 1 saturated carbocycles. The van der Waals surface area contributed by atoms with E-state index in [1.54, 1.807) is 0 Å². The number of amides is 1. The van der Waals surface area contributed by atoms with Gasteiger partial charge in [0, 0.05) is 10.9 Å². The number of rotatable bonds is 3. The fourth-order valence-electron chi connectivity index (χ4n) is 3.58. The van der Waals surface area contributed by atoms with Crippen molar-refractivity contribution in [1.82, 2.24) is 5.32 Å². The number of alkyl halides is 1. The second kappa shape index (κ2) is 6.13. The number of nitrogens with one attached hydrogen (secondary N) is 1. The highest BCUT2D eigenvalue weighted by Gasteiger charge is 2.44. The molecule has 0 aromatic carbocycles. The number of hydrogen-bond acceptors (Lipinski definition) is 2. The smallest absolute Gasteiger partial charge is 0.226 e. The summed E-state index contributed by atoms with van der Waals surface area (Å²) in [7, 11) is 0. The summed E-state index contributed by atoms with van der Waals surface area (Å²) >= 11 is 3.60. The molecular formula is C15H26BrNO2. The molecule has 4 atom stereocenters. The first kappa shape index (κ1) is 15.3. The first-order valence-electron chi connectivity index (χ1n) is 7.52. The van der Waals surface area contributed by atoms with Crippen LogP contribution in [0.15, 0.2) is 0 Å². The van der Waals surface area contributed by atoms with E-state index in [1.165, 1.54) is 19.3 Å². The van der Waals surface area contributed by atoms with Crippen LogP contribution < -0.4 is 5.32 Å². The summed E-state index contributed by atoms with van der Waals surface area (Å²) in [6.07, 6.45) is 6.12. The van der Waals surface area contributed by atoms with Gasteiger partial charge in [-0.15, -0.1) is 0 Å². The van der Waals surface area contributed by atoms with Crippen molar-refractivity contribution >= 4 is 21.8 Å². The summed E-state index contributed by atoms with van der Waals surface area (Å²) in [6.45, 7) is 6.21.